The molecule has 0 saturated carbocycles. The molecule has 112 valence electrons. The van der Waals surface area contributed by atoms with Crippen molar-refractivity contribution in [2.75, 3.05) is 27.7 Å². The molecule has 0 amide bonds. The highest BCUT2D eigenvalue weighted by molar-refractivity contribution is 9.10. The van der Waals surface area contributed by atoms with Gasteiger partial charge in [0.05, 0.1) is 29.9 Å². The number of rotatable bonds is 6. The Kier molecular flexibility index (Phi) is 5.08. The molecule has 2 aromatic heterocycles. The van der Waals surface area contributed by atoms with Crippen LogP contribution in [0.1, 0.15) is 16.1 Å². The van der Waals surface area contributed by atoms with Gasteiger partial charge in [-0.2, -0.15) is 5.10 Å². The van der Waals surface area contributed by atoms with Crippen molar-refractivity contribution < 1.29 is 9.53 Å². The first-order valence-electron chi connectivity index (χ1n) is 6.44. The predicted molar refractivity (Wildman–Crippen MR) is 82.7 cm³/mol. The summed E-state index contributed by atoms with van der Waals surface area (Å²) < 4.78 is 7.51. The summed E-state index contributed by atoms with van der Waals surface area (Å²) in [5, 5.41) is 4.25. The van der Waals surface area contributed by atoms with Crippen LogP contribution in [0.25, 0.3) is 0 Å². The van der Waals surface area contributed by atoms with Crippen LogP contribution in [0.2, 0.25) is 0 Å². The molecule has 2 heterocycles. The van der Waals surface area contributed by atoms with E-state index in [0.29, 0.717) is 28.2 Å². The van der Waals surface area contributed by atoms with E-state index in [4.69, 9.17) is 4.74 Å². The average Bonchev–Trinajstić information content (AvgIpc) is 2.85. The Balaban J connectivity index is 2.37. The summed E-state index contributed by atoms with van der Waals surface area (Å²) in [6.07, 6.45) is 3.22. The number of likely N-dealkylation sites (N-methyl/N-ethyl adjacent to an activating group) is 1. The second-order valence-corrected chi connectivity index (χ2v) is 5.61. The third kappa shape index (κ3) is 3.48. The first-order chi connectivity index (χ1) is 10.0. The molecule has 0 bridgehead atoms. The van der Waals surface area contributed by atoms with Gasteiger partial charge in [-0.1, -0.05) is 0 Å². The molecule has 0 fully saturated rings. The van der Waals surface area contributed by atoms with E-state index in [1.807, 2.05) is 19.0 Å². The van der Waals surface area contributed by atoms with Gasteiger partial charge >= 0.3 is 0 Å². The highest BCUT2D eigenvalue weighted by atomic mass is 79.9. The van der Waals surface area contributed by atoms with Crippen LogP contribution in [0, 0.1) is 0 Å². The predicted octanol–water partition coefficient (Wildman–Crippen LogP) is 1.84. The van der Waals surface area contributed by atoms with Crippen LogP contribution in [0.3, 0.4) is 0 Å². The minimum Gasteiger partial charge on any atom is -0.480 e. The summed E-state index contributed by atoms with van der Waals surface area (Å²) in [7, 11) is 5.45. The minimum absolute atomic E-state index is 0.164. The van der Waals surface area contributed by atoms with Gasteiger partial charge in [0, 0.05) is 12.7 Å². The zero-order valence-electron chi connectivity index (χ0n) is 12.2. The number of halogens is 1. The molecule has 0 aliphatic carbocycles. The molecule has 0 aromatic carbocycles. The van der Waals surface area contributed by atoms with Crippen molar-refractivity contribution in [2.24, 2.45) is 0 Å². The first-order valence-corrected chi connectivity index (χ1v) is 7.23. The Morgan fingerprint density at radius 2 is 2.24 bits per heavy atom. The fourth-order valence-electron chi connectivity index (χ4n) is 1.91. The van der Waals surface area contributed by atoms with Gasteiger partial charge in [0.25, 0.3) is 0 Å². The Morgan fingerprint density at radius 3 is 2.90 bits per heavy atom. The minimum atomic E-state index is -0.164. The number of methoxy groups -OCH3 is 1. The molecule has 0 spiro atoms. The number of pyridine rings is 1. The summed E-state index contributed by atoms with van der Waals surface area (Å²) in [6.45, 7) is 1.42. The second kappa shape index (κ2) is 6.82. The summed E-state index contributed by atoms with van der Waals surface area (Å²) in [6, 6.07) is 3.41. The van der Waals surface area contributed by atoms with Gasteiger partial charge in [0.1, 0.15) is 5.69 Å². The maximum Gasteiger partial charge on any atom is 0.224 e. The smallest absolute Gasteiger partial charge is 0.224 e. The number of ketones is 1. The standard InChI is InChI=1S/C14H17BrN4O2/c1-18(2)7-8-19-12(11(15)9-17-19)13(20)10-5-4-6-16-14(10)21-3/h4-6,9H,7-8H2,1-3H3. The number of ether oxygens (including phenoxy) is 1. The Hall–Kier alpha value is -1.73. The van der Waals surface area contributed by atoms with Gasteiger partial charge in [-0.15, -0.1) is 0 Å². The Bertz CT molecular complexity index is 640. The normalized spacial score (nSPS) is 10.9. The summed E-state index contributed by atoms with van der Waals surface area (Å²) in [5.41, 5.74) is 0.926. The number of hydrogen-bond donors (Lipinski definition) is 0. The van der Waals surface area contributed by atoms with E-state index in [1.54, 1.807) is 29.2 Å². The largest absolute Gasteiger partial charge is 0.480 e. The third-order valence-corrected chi connectivity index (χ3v) is 3.56. The number of carbonyl (C=O) groups is 1. The molecular formula is C14H17BrN4O2. The summed E-state index contributed by atoms with van der Waals surface area (Å²) in [4.78, 5) is 18.9. The van der Waals surface area contributed by atoms with Crippen molar-refractivity contribution in [3.8, 4) is 5.88 Å². The molecular weight excluding hydrogens is 336 g/mol. The molecule has 0 unspecified atom stereocenters. The maximum atomic E-state index is 12.7. The van der Waals surface area contributed by atoms with Crippen molar-refractivity contribution in [1.82, 2.24) is 19.7 Å². The quantitative estimate of drug-likeness (QED) is 0.742. The van der Waals surface area contributed by atoms with Crippen LogP contribution in [0.5, 0.6) is 5.88 Å². The molecule has 0 radical (unpaired) electrons. The van der Waals surface area contributed by atoms with Gasteiger partial charge in [0.2, 0.25) is 11.7 Å². The zero-order chi connectivity index (χ0) is 15.4. The molecule has 2 rings (SSSR count). The monoisotopic (exact) mass is 352 g/mol. The lowest BCUT2D eigenvalue weighted by atomic mass is 10.1. The summed E-state index contributed by atoms with van der Waals surface area (Å²) in [5.74, 6) is 0.151. The molecule has 0 atom stereocenters. The van der Waals surface area contributed by atoms with E-state index < -0.39 is 0 Å². The first kappa shape index (κ1) is 15.7. The van der Waals surface area contributed by atoms with E-state index in [2.05, 4.69) is 26.0 Å². The van der Waals surface area contributed by atoms with Crippen LogP contribution < -0.4 is 4.74 Å². The molecule has 0 N–H and O–H groups in total. The van der Waals surface area contributed by atoms with E-state index in [1.165, 1.54) is 7.11 Å². The number of nitrogens with zero attached hydrogens (tertiary/aromatic N) is 4. The van der Waals surface area contributed by atoms with E-state index in [0.717, 1.165) is 6.54 Å². The lowest BCUT2D eigenvalue weighted by molar-refractivity contribution is 0.102. The zero-order valence-corrected chi connectivity index (χ0v) is 13.8. The average molecular weight is 353 g/mol. The van der Waals surface area contributed by atoms with Crippen molar-refractivity contribution >= 4 is 21.7 Å². The lowest BCUT2D eigenvalue weighted by Gasteiger charge is -2.12. The topological polar surface area (TPSA) is 60.2 Å². The van der Waals surface area contributed by atoms with Crippen LogP contribution in [0.15, 0.2) is 29.0 Å². The highest BCUT2D eigenvalue weighted by Crippen LogP contribution is 2.23. The maximum absolute atomic E-state index is 12.7. The number of hydrogen-bond acceptors (Lipinski definition) is 5. The molecule has 0 aliphatic heterocycles. The summed E-state index contributed by atoms with van der Waals surface area (Å²) >= 11 is 3.39. The second-order valence-electron chi connectivity index (χ2n) is 4.76. The van der Waals surface area contributed by atoms with Gasteiger partial charge in [-0.3, -0.25) is 9.48 Å². The molecule has 0 aliphatic rings. The van der Waals surface area contributed by atoms with Crippen LogP contribution in [-0.2, 0) is 6.54 Å². The highest BCUT2D eigenvalue weighted by Gasteiger charge is 2.22. The van der Waals surface area contributed by atoms with Crippen LogP contribution >= 0.6 is 15.9 Å². The SMILES string of the molecule is COc1ncccc1C(=O)c1c(Br)cnn1CCN(C)C. The van der Waals surface area contributed by atoms with E-state index in [-0.39, 0.29) is 5.78 Å². The Labute approximate surface area is 131 Å². The number of aromatic nitrogens is 3. The Morgan fingerprint density at radius 1 is 1.48 bits per heavy atom. The van der Waals surface area contributed by atoms with E-state index in [9.17, 15) is 4.79 Å². The fraction of sp³-hybridized carbons (Fsp3) is 0.357. The van der Waals surface area contributed by atoms with Crippen molar-refractivity contribution in [1.29, 1.82) is 0 Å². The molecule has 6 nitrogen and oxygen atoms in total. The molecule has 21 heavy (non-hydrogen) atoms. The molecule has 7 heteroatoms. The number of carbonyl (C=O) groups excluding carboxylic acids is 1. The van der Waals surface area contributed by atoms with Crippen LogP contribution in [0.4, 0.5) is 0 Å². The van der Waals surface area contributed by atoms with Crippen molar-refractivity contribution in [3.05, 3.63) is 40.3 Å². The van der Waals surface area contributed by atoms with Gasteiger partial charge in [-0.25, -0.2) is 4.98 Å². The van der Waals surface area contributed by atoms with Gasteiger partial charge in [0.15, 0.2) is 0 Å². The van der Waals surface area contributed by atoms with Crippen molar-refractivity contribution in [2.45, 2.75) is 6.54 Å². The van der Waals surface area contributed by atoms with E-state index >= 15 is 0 Å². The molecule has 0 saturated heterocycles. The third-order valence-electron chi connectivity index (χ3n) is 2.98. The lowest BCUT2D eigenvalue weighted by Crippen LogP contribution is -2.22. The molecule has 2 aromatic rings. The fourth-order valence-corrected chi connectivity index (χ4v) is 2.38. The van der Waals surface area contributed by atoms with Crippen molar-refractivity contribution in [3.63, 3.8) is 0 Å². The van der Waals surface area contributed by atoms with Gasteiger partial charge in [-0.05, 0) is 42.2 Å². The van der Waals surface area contributed by atoms with Gasteiger partial charge < -0.3 is 9.64 Å². The van der Waals surface area contributed by atoms with Crippen LogP contribution in [-0.4, -0.2) is 53.2 Å².